The first-order valence-electron chi connectivity index (χ1n) is 13.4. The van der Waals surface area contributed by atoms with Crippen molar-refractivity contribution in [2.75, 3.05) is 0 Å². The van der Waals surface area contributed by atoms with Crippen LogP contribution in [-0.4, -0.2) is 15.0 Å². The van der Waals surface area contributed by atoms with Crippen molar-refractivity contribution in [2.24, 2.45) is 0 Å². The minimum atomic E-state index is -4.32. The Morgan fingerprint density at radius 1 is 0.457 bits per heavy atom. The van der Waals surface area contributed by atoms with E-state index in [1.807, 2.05) is 30.3 Å². The molecule has 0 spiro atoms. The van der Waals surface area contributed by atoms with Crippen LogP contribution in [0.15, 0.2) is 128 Å². The van der Waals surface area contributed by atoms with Crippen molar-refractivity contribution in [1.82, 2.24) is 15.0 Å². The van der Waals surface area contributed by atoms with Crippen LogP contribution in [0, 0.1) is 25.1 Å². The van der Waals surface area contributed by atoms with Gasteiger partial charge in [0.1, 0.15) is 0 Å². The monoisotopic (exact) mass is 805 g/mol. The average molecular weight is 805 g/mol. The van der Waals surface area contributed by atoms with Crippen molar-refractivity contribution in [3.63, 3.8) is 0 Å². The smallest absolute Gasteiger partial charge is 0.305 e. The molecule has 3 heterocycles. The number of aryl methyl sites for hydroxylation is 1. The van der Waals surface area contributed by atoms with E-state index in [0.29, 0.717) is 22.5 Å². The van der Waals surface area contributed by atoms with Gasteiger partial charge in [-0.25, -0.2) is 0 Å². The number of aromatic nitrogens is 3. The topological polar surface area (TPSA) is 38.7 Å². The molecule has 3 aromatic carbocycles. The molecule has 6 aromatic rings. The predicted octanol–water partition coefficient (Wildman–Crippen LogP) is 9.99. The Bertz CT molecular complexity index is 1630. The number of pyridine rings is 3. The van der Waals surface area contributed by atoms with Crippen LogP contribution in [0.25, 0.3) is 33.8 Å². The maximum absolute atomic E-state index is 12.3. The van der Waals surface area contributed by atoms with Crippen LogP contribution < -0.4 is 0 Å². The van der Waals surface area contributed by atoms with Gasteiger partial charge in [0.05, 0.1) is 0 Å². The Morgan fingerprint density at radius 3 is 1.04 bits per heavy atom. The third-order valence-corrected chi connectivity index (χ3v) is 6.07. The van der Waals surface area contributed by atoms with Crippen LogP contribution in [0.4, 0.5) is 26.3 Å². The number of rotatable bonds is 3. The van der Waals surface area contributed by atoms with E-state index in [1.54, 1.807) is 55.0 Å². The van der Waals surface area contributed by atoms with Crippen molar-refractivity contribution in [2.45, 2.75) is 19.3 Å². The van der Waals surface area contributed by atoms with Gasteiger partial charge in [-0.2, -0.15) is 26.3 Å². The summed E-state index contributed by atoms with van der Waals surface area (Å²) in [7, 11) is 0. The first kappa shape index (κ1) is 35.8. The second-order valence-corrected chi connectivity index (χ2v) is 9.40. The number of hydrogen-bond donors (Lipinski definition) is 0. The van der Waals surface area contributed by atoms with Gasteiger partial charge in [-0.05, 0) is 46.4 Å². The second-order valence-electron chi connectivity index (χ2n) is 9.40. The minimum Gasteiger partial charge on any atom is -0.305 e. The van der Waals surface area contributed by atoms with Crippen LogP contribution in [0.1, 0.15) is 16.7 Å². The number of halogens is 6. The number of benzene rings is 3. The quantitative estimate of drug-likeness (QED) is 0.132. The third-order valence-electron chi connectivity index (χ3n) is 6.07. The zero-order chi connectivity index (χ0) is 32.3. The van der Waals surface area contributed by atoms with Crippen molar-refractivity contribution in [3.8, 4) is 33.8 Å². The zero-order valence-corrected chi connectivity index (χ0v) is 26.5. The van der Waals surface area contributed by atoms with E-state index in [1.165, 1.54) is 17.7 Å². The SMILES string of the molecule is Cc1c[c-]c(-c2ccccn2)cc1.FC(F)(F)c1c[c-]c(-c2ccccn2)cc1.FC(F)(F)c1c[c-]c(-c2ccccn2)cc1.[Ir+3]. The molecule has 0 atom stereocenters. The molecule has 234 valence electrons. The largest absolute Gasteiger partial charge is 3.00 e. The number of hydrogen-bond acceptors (Lipinski definition) is 3. The van der Waals surface area contributed by atoms with E-state index >= 15 is 0 Å². The summed E-state index contributed by atoms with van der Waals surface area (Å²) in [4.78, 5) is 12.3. The van der Waals surface area contributed by atoms with Crippen LogP contribution in [0.3, 0.4) is 0 Å². The Balaban J connectivity index is 0.000000187. The van der Waals surface area contributed by atoms with Crippen molar-refractivity contribution in [3.05, 3.63) is 163 Å². The molecule has 0 bridgehead atoms. The van der Waals surface area contributed by atoms with Gasteiger partial charge < -0.3 is 15.0 Å². The first-order valence-corrected chi connectivity index (χ1v) is 13.4. The summed E-state index contributed by atoms with van der Waals surface area (Å²) in [6.45, 7) is 2.05. The summed E-state index contributed by atoms with van der Waals surface area (Å²) in [5.41, 5.74) is 4.15. The standard InChI is InChI=1S/2C12H7F3N.C12H10N.Ir/c2*13-12(14,15)10-6-4-9(5-7-10)11-3-1-2-8-16-11;1-10-5-7-11(8-6-10)12-4-2-3-9-13-12;/h2*1-4,6-8H;2-7,9H,1H3;/q3*-1;+3. The zero-order valence-electron chi connectivity index (χ0n) is 24.1. The molecule has 10 heteroatoms. The summed E-state index contributed by atoms with van der Waals surface area (Å²) < 4.78 is 73.7. The Hall–Kier alpha value is -4.66. The molecule has 0 unspecified atom stereocenters. The summed E-state index contributed by atoms with van der Waals surface area (Å²) in [5, 5.41) is 0. The van der Waals surface area contributed by atoms with E-state index < -0.39 is 23.5 Å². The summed E-state index contributed by atoms with van der Waals surface area (Å²) in [5.74, 6) is 0. The molecule has 0 aliphatic heterocycles. The molecule has 46 heavy (non-hydrogen) atoms. The van der Waals surface area contributed by atoms with Gasteiger partial charge in [0.2, 0.25) is 0 Å². The van der Waals surface area contributed by atoms with E-state index in [4.69, 9.17) is 0 Å². The van der Waals surface area contributed by atoms with Gasteiger partial charge in [-0.3, -0.25) is 0 Å². The average Bonchev–Trinajstić information content (AvgIpc) is 3.06. The second kappa shape index (κ2) is 16.6. The minimum absolute atomic E-state index is 0. The Morgan fingerprint density at radius 2 is 0.804 bits per heavy atom. The van der Waals surface area contributed by atoms with E-state index in [9.17, 15) is 26.3 Å². The predicted molar refractivity (Wildman–Crippen MR) is 160 cm³/mol. The molecule has 0 amide bonds. The maximum atomic E-state index is 12.3. The van der Waals surface area contributed by atoms with Gasteiger partial charge in [-0.1, -0.05) is 43.3 Å². The van der Waals surface area contributed by atoms with Crippen LogP contribution in [0.5, 0.6) is 0 Å². The fraction of sp³-hybridized carbons (Fsp3) is 0.0833. The van der Waals surface area contributed by atoms with E-state index in [2.05, 4.69) is 46.1 Å². The molecule has 0 radical (unpaired) electrons. The normalized spacial score (nSPS) is 10.8. The fourth-order valence-corrected chi connectivity index (χ4v) is 3.75. The molecular formula is C36H24F6IrN3. The summed E-state index contributed by atoms with van der Waals surface area (Å²) >= 11 is 0. The van der Waals surface area contributed by atoms with E-state index in [-0.39, 0.29) is 20.1 Å². The van der Waals surface area contributed by atoms with E-state index in [0.717, 1.165) is 35.5 Å². The molecule has 0 fully saturated rings. The number of nitrogens with zero attached hydrogens (tertiary/aromatic N) is 3. The molecule has 3 nitrogen and oxygen atoms in total. The molecule has 0 saturated carbocycles. The molecule has 0 aliphatic rings. The fourth-order valence-electron chi connectivity index (χ4n) is 3.75. The van der Waals surface area contributed by atoms with Gasteiger partial charge >= 0.3 is 32.5 Å². The molecule has 0 N–H and O–H groups in total. The summed E-state index contributed by atoms with van der Waals surface area (Å²) in [6.07, 6.45) is -3.68. The molecule has 0 aliphatic carbocycles. The summed E-state index contributed by atoms with van der Waals surface area (Å²) in [6, 6.07) is 37.4. The van der Waals surface area contributed by atoms with Crippen LogP contribution in [-0.2, 0) is 32.5 Å². The van der Waals surface area contributed by atoms with Crippen molar-refractivity contribution < 1.29 is 46.4 Å². The molecular weight excluding hydrogens is 781 g/mol. The molecule has 3 aromatic heterocycles. The van der Waals surface area contributed by atoms with Gasteiger partial charge in [0.15, 0.2) is 0 Å². The number of alkyl halides is 6. The maximum Gasteiger partial charge on any atom is 3.00 e. The molecule has 6 rings (SSSR count). The van der Waals surface area contributed by atoms with Gasteiger partial charge in [0.25, 0.3) is 0 Å². The Labute approximate surface area is 276 Å². The Kier molecular flexibility index (Phi) is 12.9. The van der Waals surface area contributed by atoms with Crippen LogP contribution >= 0.6 is 0 Å². The van der Waals surface area contributed by atoms with Crippen molar-refractivity contribution in [1.29, 1.82) is 0 Å². The third kappa shape index (κ3) is 10.8. The van der Waals surface area contributed by atoms with Crippen LogP contribution in [0.2, 0.25) is 0 Å². The van der Waals surface area contributed by atoms with Gasteiger partial charge in [0, 0.05) is 18.6 Å². The van der Waals surface area contributed by atoms with Crippen molar-refractivity contribution >= 4 is 0 Å². The molecule has 0 saturated heterocycles. The van der Waals surface area contributed by atoms with Gasteiger partial charge in [-0.15, -0.1) is 95.1 Å². The first-order chi connectivity index (χ1) is 21.5.